The number of aryl methyl sites for hydroxylation is 1. The maximum Gasteiger partial charge on any atom is 0.254 e. The summed E-state index contributed by atoms with van der Waals surface area (Å²) in [6.45, 7) is 0. The minimum Gasteiger partial charge on any atom is -0.481 e. The fourth-order valence-corrected chi connectivity index (χ4v) is 5.18. The molecule has 6 heteroatoms. The average Bonchev–Trinajstić information content (AvgIpc) is 3.05. The first-order chi connectivity index (χ1) is 11.6. The SMILES string of the molecule is COc1c2ccc(C(=O)N3C4CCC3CC(SC)C4)cc2nn1C. The predicted octanol–water partition coefficient (Wildman–Crippen LogP) is 3.08. The van der Waals surface area contributed by atoms with Crippen molar-refractivity contribution in [2.24, 2.45) is 7.05 Å². The van der Waals surface area contributed by atoms with Crippen molar-refractivity contribution in [3.8, 4) is 5.88 Å². The number of ether oxygens (including phenoxy) is 1. The van der Waals surface area contributed by atoms with Gasteiger partial charge in [-0.15, -0.1) is 0 Å². The van der Waals surface area contributed by atoms with Crippen LogP contribution in [0.25, 0.3) is 10.9 Å². The minimum atomic E-state index is 0.161. The van der Waals surface area contributed by atoms with Crippen LogP contribution in [-0.2, 0) is 7.05 Å². The third kappa shape index (κ3) is 2.39. The van der Waals surface area contributed by atoms with Crippen LogP contribution < -0.4 is 4.74 Å². The van der Waals surface area contributed by atoms with Gasteiger partial charge in [-0.05, 0) is 50.1 Å². The van der Waals surface area contributed by atoms with E-state index >= 15 is 0 Å². The normalized spacial score (nSPS) is 26.1. The number of rotatable bonds is 3. The molecule has 2 aliphatic rings. The monoisotopic (exact) mass is 345 g/mol. The maximum atomic E-state index is 13.1. The first-order valence-electron chi connectivity index (χ1n) is 8.48. The highest BCUT2D eigenvalue weighted by atomic mass is 32.2. The van der Waals surface area contributed by atoms with Crippen LogP contribution in [0.4, 0.5) is 0 Å². The number of amides is 1. The highest BCUT2D eigenvalue weighted by Crippen LogP contribution is 2.40. The Bertz CT molecular complexity index is 774. The fraction of sp³-hybridized carbons (Fsp3) is 0.556. The number of fused-ring (bicyclic) bond motifs is 3. The van der Waals surface area contributed by atoms with Crippen LogP contribution in [0.2, 0.25) is 0 Å². The van der Waals surface area contributed by atoms with Gasteiger partial charge in [0.25, 0.3) is 5.91 Å². The third-order valence-electron chi connectivity index (χ3n) is 5.48. The van der Waals surface area contributed by atoms with Crippen molar-refractivity contribution in [3.05, 3.63) is 23.8 Å². The van der Waals surface area contributed by atoms with Crippen LogP contribution in [0, 0.1) is 0 Å². The number of hydrogen-bond donors (Lipinski definition) is 0. The molecule has 24 heavy (non-hydrogen) atoms. The van der Waals surface area contributed by atoms with Crippen molar-refractivity contribution in [1.82, 2.24) is 14.7 Å². The van der Waals surface area contributed by atoms with Gasteiger partial charge in [0.2, 0.25) is 5.88 Å². The second-order valence-electron chi connectivity index (χ2n) is 6.79. The molecule has 0 spiro atoms. The Labute approximate surface area is 146 Å². The van der Waals surface area contributed by atoms with Crippen LogP contribution in [0.5, 0.6) is 5.88 Å². The molecule has 0 aliphatic carbocycles. The highest BCUT2D eigenvalue weighted by molar-refractivity contribution is 7.99. The van der Waals surface area contributed by atoms with Gasteiger partial charge in [0.15, 0.2) is 0 Å². The van der Waals surface area contributed by atoms with Gasteiger partial charge in [-0.2, -0.15) is 16.9 Å². The van der Waals surface area contributed by atoms with Crippen molar-refractivity contribution < 1.29 is 9.53 Å². The van der Waals surface area contributed by atoms with Gasteiger partial charge in [-0.1, -0.05) is 0 Å². The number of benzene rings is 1. The lowest BCUT2D eigenvalue weighted by Gasteiger charge is -2.38. The second kappa shape index (κ2) is 5.99. The zero-order chi connectivity index (χ0) is 16.8. The van der Waals surface area contributed by atoms with E-state index in [0.717, 1.165) is 48.0 Å². The summed E-state index contributed by atoms with van der Waals surface area (Å²) in [4.78, 5) is 15.3. The van der Waals surface area contributed by atoms with Crippen LogP contribution in [0.1, 0.15) is 36.0 Å². The predicted molar refractivity (Wildman–Crippen MR) is 96.8 cm³/mol. The number of carbonyl (C=O) groups excluding carboxylic acids is 1. The number of aromatic nitrogens is 2. The zero-order valence-electron chi connectivity index (χ0n) is 14.4. The summed E-state index contributed by atoms with van der Waals surface area (Å²) in [5.41, 5.74) is 1.55. The molecule has 0 radical (unpaired) electrons. The van der Waals surface area contributed by atoms with E-state index < -0.39 is 0 Å². The van der Waals surface area contributed by atoms with Gasteiger partial charge in [-0.25, -0.2) is 4.68 Å². The molecule has 1 amide bonds. The Morgan fingerprint density at radius 1 is 1.29 bits per heavy atom. The Morgan fingerprint density at radius 2 is 2.00 bits per heavy atom. The summed E-state index contributed by atoms with van der Waals surface area (Å²) < 4.78 is 7.10. The molecule has 1 aromatic heterocycles. The molecule has 1 aromatic carbocycles. The first kappa shape index (κ1) is 15.8. The van der Waals surface area contributed by atoms with Crippen LogP contribution >= 0.6 is 11.8 Å². The fourth-order valence-electron chi connectivity index (χ4n) is 4.35. The van der Waals surface area contributed by atoms with Crippen LogP contribution in [0.15, 0.2) is 18.2 Å². The van der Waals surface area contributed by atoms with Crippen molar-refractivity contribution in [3.63, 3.8) is 0 Å². The molecule has 5 nitrogen and oxygen atoms in total. The van der Waals surface area contributed by atoms with Gasteiger partial charge in [-0.3, -0.25) is 4.79 Å². The van der Waals surface area contributed by atoms with Gasteiger partial charge in [0.05, 0.1) is 18.0 Å². The summed E-state index contributed by atoms with van der Waals surface area (Å²) in [5, 5.41) is 6.12. The van der Waals surface area contributed by atoms with E-state index in [2.05, 4.69) is 16.3 Å². The Kier molecular flexibility index (Phi) is 3.95. The van der Waals surface area contributed by atoms with Crippen molar-refractivity contribution in [2.45, 2.75) is 43.0 Å². The molecule has 2 saturated heterocycles. The molecule has 0 N–H and O–H groups in total. The molecule has 3 heterocycles. The molecular weight excluding hydrogens is 322 g/mol. The summed E-state index contributed by atoms with van der Waals surface area (Å²) in [7, 11) is 3.50. The van der Waals surface area contributed by atoms with E-state index in [1.165, 1.54) is 0 Å². The van der Waals surface area contributed by atoms with Gasteiger partial charge >= 0.3 is 0 Å². The van der Waals surface area contributed by atoms with Crippen molar-refractivity contribution >= 4 is 28.6 Å². The number of methoxy groups -OCH3 is 1. The van der Waals surface area contributed by atoms with E-state index in [4.69, 9.17) is 4.74 Å². The largest absolute Gasteiger partial charge is 0.481 e. The molecule has 2 aromatic rings. The van der Waals surface area contributed by atoms with E-state index in [1.807, 2.05) is 37.0 Å². The average molecular weight is 345 g/mol. The van der Waals surface area contributed by atoms with Gasteiger partial charge in [0.1, 0.15) is 0 Å². The lowest BCUT2D eigenvalue weighted by atomic mass is 10.0. The summed E-state index contributed by atoms with van der Waals surface area (Å²) in [5.74, 6) is 0.887. The van der Waals surface area contributed by atoms with E-state index in [9.17, 15) is 4.79 Å². The molecular formula is C18H23N3O2S. The molecule has 2 atom stereocenters. The number of nitrogens with zero attached hydrogens (tertiary/aromatic N) is 3. The molecule has 2 fully saturated rings. The molecule has 4 rings (SSSR count). The lowest BCUT2D eigenvalue weighted by Crippen LogP contribution is -2.47. The summed E-state index contributed by atoms with van der Waals surface area (Å²) in [6, 6.07) is 6.57. The van der Waals surface area contributed by atoms with Crippen LogP contribution in [-0.4, -0.2) is 51.3 Å². The zero-order valence-corrected chi connectivity index (χ0v) is 15.2. The first-order valence-corrected chi connectivity index (χ1v) is 9.77. The van der Waals surface area contributed by atoms with E-state index in [-0.39, 0.29) is 5.91 Å². The van der Waals surface area contributed by atoms with Gasteiger partial charge < -0.3 is 9.64 Å². The standard InChI is InChI=1S/C18H23N3O2S/c1-20-18(23-2)15-7-4-11(8-16(15)19-20)17(22)21-12-5-6-13(21)10-14(9-12)24-3/h4,7-8,12-14H,5-6,9-10H2,1-3H3. The van der Waals surface area contributed by atoms with Gasteiger partial charge in [0, 0.05) is 29.9 Å². The topological polar surface area (TPSA) is 47.4 Å². The number of hydrogen-bond acceptors (Lipinski definition) is 4. The molecule has 0 saturated carbocycles. The number of carbonyl (C=O) groups is 1. The maximum absolute atomic E-state index is 13.1. The smallest absolute Gasteiger partial charge is 0.254 e. The minimum absolute atomic E-state index is 0.161. The van der Waals surface area contributed by atoms with Crippen molar-refractivity contribution in [2.75, 3.05) is 13.4 Å². The van der Waals surface area contributed by atoms with E-state index in [0.29, 0.717) is 17.3 Å². The summed E-state index contributed by atoms with van der Waals surface area (Å²) >= 11 is 1.95. The Morgan fingerprint density at radius 3 is 2.62 bits per heavy atom. The molecule has 128 valence electrons. The molecule has 2 unspecified atom stereocenters. The van der Waals surface area contributed by atoms with E-state index in [1.54, 1.807) is 11.8 Å². The van der Waals surface area contributed by atoms with Crippen LogP contribution in [0.3, 0.4) is 0 Å². The highest BCUT2D eigenvalue weighted by Gasteiger charge is 2.43. The molecule has 2 bridgehead atoms. The number of thioether (sulfide) groups is 1. The third-order valence-corrected chi connectivity index (χ3v) is 6.53. The summed E-state index contributed by atoms with van der Waals surface area (Å²) in [6.07, 6.45) is 6.73. The van der Waals surface area contributed by atoms with Crippen molar-refractivity contribution in [1.29, 1.82) is 0 Å². The Balaban J connectivity index is 1.64. The number of piperidine rings is 1. The quantitative estimate of drug-likeness (QED) is 0.858. The molecule has 2 aliphatic heterocycles. The second-order valence-corrected chi connectivity index (χ2v) is 7.93. The lowest BCUT2D eigenvalue weighted by molar-refractivity contribution is 0.0602. The Hall–Kier alpha value is -1.69.